The van der Waals surface area contributed by atoms with Crippen molar-refractivity contribution in [2.24, 2.45) is 17.6 Å². The minimum atomic E-state index is -2.81. The quantitative estimate of drug-likeness (QED) is 0.784. The molecule has 3 unspecified atom stereocenters. The second kappa shape index (κ2) is 5.30. The highest BCUT2D eigenvalue weighted by molar-refractivity contribution is 7.90. The van der Waals surface area contributed by atoms with Crippen LogP contribution in [0.4, 0.5) is 0 Å². The maximum absolute atomic E-state index is 10.9. The van der Waals surface area contributed by atoms with Crippen LogP contribution in [0.5, 0.6) is 0 Å². The molecule has 0 aromatic carbocycles. The number of hydrogen-bond donors (Lipinski definition) is 1. The lowest BCUT2D eigenvalue weighted by atomic mass is 9.94. The van der Waals surface area contributed by atoms with Crippen molar-refractivity contribution >= 4 is 9.84 Å². The summed E-state index contributed by atoms with van der Waals surface area (Å²) in [5.74, 6) is 1.71. The number of rotatable bonds is 5. The molecule has 3 atom stereocenters. The fraction of sp³-hybridized carbons (Fsp3) is 1.00. The van der Waals surface area contributed by atoms with Crippen LogP contribution >= 0.6 is 0 Å². The summed E-state index contributed by atoms with van der Waals surface area (Å²) in [4.78, 5) is 0. The van der Waals surface area contributed by atoms with E-state index in [1.807, 2.05) is 0 Å². The fourth-order valence-corrected chi connectivity index (χ4v) is 3.15. The van der Waals surface area contributed by atoms with Gasteiger partial charge < -0.3 is 5.73 Å². The maximum Gasteiger partial charge on any atom is 0.147 e. The molecule has 0 saturated heterocycles. The summed E-state index contributed by atoms with van der Waals surface area (Å²) in [5.41, 5.74) is 6.08. The van der Waals surface area contributed by atoms with Crippen molar-refractivity contribution < 1.29 is 8.42 Å². The molecule has 0 spiro atoms. The number of sulfone groups is 1. The summed E-state index contributed by atoms with van der Waals surface area (Å²) in [6.07, 6.45) is 6.58. The highest BCUT2D eigenvalue weighted by Gasteiger charge is 2.26. The van der Waals surface area contributed by atoms with E-state index < -0.39 is 9.84 Å². The minimum absolute atomic E-state index is 0.205. The predicted octanol–water partition coefficient (Wildman–Crippen LogP) is 1.57. The van der Waals surface area contributed by atoms with Crippen LogP contribution in [0.15, 0.2) is 0 Å². The molecule has 0 aromatic rings. The molecule has 1 aliphatic rings. The van der Waals surface area contributed by atoms with Crippen LogP contribution in [0.1, 0.15) is 39.0 Å². The van der Waals surface area contributed by atoms with Crippen LogP contribution in [0.3, 0.4) is 0 Å². The van der Waals surface area contributed by atoms with Gasteiger partial charge in [0.2, 0.25) is 0 Å². The van der Waals surface area contributed by atoms with Crippen molar-refractivity contribution in [3.05, 3.63) is 0 Å². The van der Waals surface area contributed by atoms with E-state index in [4.69, 9.17) is 5.73 Å². The lowest BCUT2D eigenvalue weighted by Crippen LogP contribution is -2.29. The van der Waals surface area contributed by atoms with E-state index in [9.17, 15) is 8.42 Å². The largest absolute Gasteiger partial charge is 0.327 e. The molecule has 2 N–H and O–H groups in total. The molecule has 0 radical (unpaired) electrons. The molecule has 0 bridgehead atoms. The SMILES string of the molecule is CC1CCC(C(N)CCCS(C)(=O)=O)C1. The van der Waals surface area contributed by atoms with E-state index in [1.165, 1.54) is 25.5 Å². The summed E-state index contributed by atoms with van der Waals surface area (Å²) in [6.45, 7) is 2.27. The van der Waals surface area contributed by atoms with Crippen LogP contribution < -0.4 is 5.73 Å². The zero-order valence-corrected chi connectivity index (χ0v) is 10.6. The maximum atomic E-state index is 10.9. The van der Waals surface area contributed by atoms with E-state index >= 15 is 0 Å². The lowest BCUT2D eigenvalue weighted by Gasteiger charge is -2.18. The van der Waals surface area contributed by atoms with Gasteiger partial charge >= 0.3 is 0 Å². The molecule has 0 aromatic heterocycles. The average Bonchev–Trinajstić information content (AvgIpc) is 2.49. The Morgan fingerprint density at radius 1 is 1.40 bits per heavy atom. The normalized spacial score (nSPS) is 29.3. The van der Waals surface area contributed by atoms with Crippen molar-refractivity contribution in [3.8, 4) is 0 Å². The molecule has 4 heteroatoms. The Morgan fingerprint density at radius 3 is 2.53 bits per heavy atom. The third-order valence-corrected chi connectivity index (χ3v) is 4.42. The molecule has 90 valence electrons. The second-order valence-electron chi connectivity index (χ2n) is 5.11. The lowest BCUT2D eigenvalue weighted by molar-refractivity contribution is 0.395. The summed E-state index contributed by atoms with van der Waals surface area (Å²) in [6, 6.07) is 0.205. The van der Waals surface area contributed by atoms with Gasteiger partial charge in [-0.25, -0.2) is 8.42 Å². The molecule has 3 nitrogen and oxygen atoms in total. The monoisotopic (exact) mass is 233 g/mol. The van der Waals surface area contributed by atoms with Gasteiger partial charge in [0, 0.05) is 18.1 Å². The molecular formula is C11H23NO2S. The number of nitrogens with two attached hydrogens (primary N) is 1. The predicted molar refractivity (Wildman–Crippen MR) is 63.4 cm³/mol. The summed E-state index contributed by atoms with van der Waals surface area (Å²) >= 11 is 0. The summed E-state index contributed by atoms with van der Waals surface area (Å²) in [7, 11) is -2.81. The summed E-state index contributed by atoms with van der Waals surface area (Å²) < 4.78 is 21.9. The van der Waals surface area contributed by atoms with Gasteiger partial charge in [0.1, 0.15) is 9.84 Å². The van der Waals surface area contributed by atoms with Crippen molar-refractivity contribution in [3.63, 3.8) is 0 Å². The van der Waals surface area contributed by atoms with Crippen LogP contribution in [0.25, 0.3) is 0 Å². The second-order valence-corrected chi connectivity index (χ2v) is 7.37. The van der Waals surface area contributed by atoms with Gasteiger partial charge in [0.25, 0.3) is 0 Å². The smallest absolute Gasteiger partial charge is 0.147 e. The highest BCUT2D eigenvalue weighted by atomic mass is 32.2. The summed E-state index contributed by atoms with van der Waals surface area (Å²) in [5, 5.41) is 0. The van der Waals surface area contributed by atoms with Gasteiger partial charge in [-0.05, 0) is 37.5 Å². The van der Waals surface area contributed by atoms with Crippen molar-refractivity contribution in [1.82, 2.24) is 0 Å². The first-order chi connectivity index (χ1) is 6.88. The van der Waals surface area contributed by atoms with Crippen LogP contribution in [0.2, 0.25) is 0 Å². The van der Waals surface area contributed by atoms with E-state index in [0.29, 0.717) is 12.3 Å². The fourth-order valence-electron chi connectivity index (χ4n) is 2.46. The topological polar surface area (TPSA) is 60.2 Å². The molecule has 0 heterocycles. The standard InChI is InChI=1S/C11H23NO2S/c1-9-5-6-10(8-9)11(12)4-3-7-15(2,13)14/h9-11H,3-8,12H2,1-2H3. The zero-order chi connectivity index (χ0) is 11.5. The number of hydrogen-bond acceptors (Lipinski definition) is 3. The van der Waals surface area contributed by atoms with E-state index in [-0.39, 0.29) is 11.8 Å². The van der Waals surface area contributed by atoms with Crippen molar-refractivity contribution in [1.29, 1.82) is 0 Å². The Hall–Kier alpha value is -0.0900. The van der Waals surface area contributed by atoms with Gasteiger partial charge in [-0.1, -0.05) is 13.3 Å². The third kappa shape index (κ3) is 4.98. The van der Waals surface area contributed by atoms with Crippen molar-refractivity contribution in [2.75, 3.05) is 12.0 Å². The first-order valence-electron chi connectivity index (χ1n) is 5.82. The average molecular weight is 233 g/mol. The zero-order valence-electron chi connectivity index (χ0n) is 9.78. The van der Waals surface area contributed by atoms with Crippen LogP contribution in [-0.2, 0) is 9.84 Å². The molecule has 1 fully saturated rings. The Kier molecular flexibility index (Phi) is 4.59. The van der Waals surface area contributed by atoms with E-state index in [0.717, 1.165) is 12.3 Å². The first-order valence-corrected chi connectivity index (χ1v) is 7.88. The molecule has 15 heavy (non-hydrogen) atoms. The molecule has 1 aliphatic carbocycles. The van der Waals surface area contributed by atoms with Gasteiger partial charge in [-0.3, -0.25) is 0 Å². The Bertz CT molecular complexity index is 287. The Morgan fingerprint density at radius 2 is 2.07 bits per heavy atom. The minimum Gasteiger partial charge on any atom is -0.327 e. The molecule has 1 saturated carbocycles. The van der Waals surface area contributed by atoms with E-state index in [1.54, 1.807) is 0 Å². The highest BCUT2D eigenvalue weighted by Crippen LogP contribution is 2.33. The Labute approximate surface area is 93.3 Å². The van der Waals surface area contributed by atoms with E-state index in [2.05, 4.69) is 6.92 Å². The van der Waals surface area contributed by atoms with Gasteiger partial charge in [-0.15, -0.1) is 0 Å². The molecule has 0 amide bonds. The van der Waals surface area contributed by atoms with Crippen LogP contribution in [0, 0.1) is 11.8 Å². The molecule has 1 rings (SSSR count). The van der Waals surface area contributed by atoms with Crippen molar-refractivity contribution in [2.45, 2.75) is 45.1 Å². The Balaban J connectivity index is 2.22. The molecule has 0 aliphatic heterocycles. The first kappa shape index (κ1) is 13.0. The van der Waals surface area contributed by atoms with Gasteiger partial charge in [-0.2, -0.15) is 0 Å². The van der Waals surface area contributed by atoms with Gasteiger partial charge in [0.15, 0.2) is 0 Å². The van der Waals surface area contributed by atoms with Crippen LogP contribution in [-0.4, -0.2) is 26.5 Å². The third-order valence-electron chi connectivity index (χ3n) is 3.39. The molecular weight excluding hydrogens is 210 g/mol. The van der Waals surface area contributed by atoms with Gasteiger partial charge in [0.05, 0.1) is 0 Å².